The number of aromatic nitrogens is 3. The second kappa shape index (κ2) is 8.41. The first kappa shape index (κ1) is 20.1. The highest BCUT2D eigenvalue weighted by molar-refractivity contribution is 5.82. The molecule has 2 aromatic rings. The number of nitrogens with zero attached hydrogens (tertiary/aromatic N) is 4. The van der Waals surface area contributed by atoms with Crippen molar-refractivity contribution in [2.75, 3.05) is 18.4 Å². The molecule has 4 fully saturated rings. The Labute approximate surface area is 188 Å². The van der Waals surface area contributed by atoms with Crippen molar-refractivity contribution in [1.82, 2.24) is 30.7 Å². The van der Waals surface area contributed by atoms with Gasteiger partial charge in [0.15, 0.2) is 0 Å². The van der Waals surface area contributed by atoms with Crippen molar-refractivity contribution in [2.24, 2.45) is 5.92 Å². The smallest absolute Gasteiger partial charge is 0.241 e. The second-order valence-electron chi connectivity index (χ2n) is 9.75. The van der Waals surface area contributed by atoms with Crippen molar-refractivity contribution < 1.29 is 4.79 Å². The van der Waals surface area contributed by atoms with Crippen LogP contribution >= 0.6 is 0 Å². The Bertz CT molecular complexity index is 968. The monoisotopic (exact) mass is 433 g/mol. The highest BCUT2D eigenvalue weighted by Gasteiger charge is 2.40. The normalized spacial score (nSPS) is 26.3. The van der Waals surface area contributed by atoms with Crippen LogP contribution in [-0.2, 0) is 4.79 Å². The lowest BCUT2D eigenvalue weighted by Crippen LogP contribution is -2.48. The van der Waals surface area contributed by atoms with E-state index in [0.717, 1.165) is 55.2 Å². The van der Waals surface area contributed by atoms with Gasteiger partial charge in [0.1, 0.15) is 6.04 Å². The van der Waals surface area contributed by atoms with Gasteiger partial charge in [0.2, 0.25) is 11.9 Å². The lowest BCUT2D eigenvalue weighted by molar-refractivity contribution is -0.134. The summed E-state index contributed by atoms with van der Waals surface area (Å²) < 4.78 is 0. The van der Waals surface area contributed by atoms with Crippen molar-refractivity contribution in [1.29, 1.82) is 0 Å². The van der Waals surface area contributed by atoms with Crippen LogP contribution in [0.3, 0.4) is 0 Å². The van der Waals surface area contributed by atoms with Gasteiger partial charge in [-0.25, -0.2) is 15.4 Å². The van der Waals surface area contributed by atoms with E-state index in [9.17, 15) is 4.79 Å². The fourth-order valence-corrected chi connectivity index (χ4v) is 5.05. The molecule has 4 aliphatic rings. The number of piperidine rings is 1. The molecule has 0 radical (unpaired) electrons. The first-order chi connectivity index (χ1) is 15.7. The zero-order valence-corrected chi connectivity index (χ0v) is 18.3. The molecule has 1 amide bonds. The molecule has 3 N–H and O–H groups in total. The van der Waals surface area contributed by atoms with E-state index in [4.69, 9.17) is 4.98 Å². The number of likely N-dealkylation sites (tertiary alicyclic amines) is 1. The number of hydrogen-bond acceptors (Lipinski definition) is 7. The number of pyridine rings is 1. The topological polar surface area (TPSA) is 95.1 Å². The highest BCUT2D eigenvalue weighted by atomic mass is 16.2. The van der Waals surface area contributed by atoms with Gasteiger partial charge in [-0.05, 0) is 63.0 Å². The first-order valence-corrected chi connectivity index (χ1v) is 12.1. The summed E-state index contributed by atoms with van der Waals surface area (Å²) in [7, 11) is 0. The minimum atomic E-state index is -0.0883. The predicted molar refractivity (Wildman–Crippen MR) is 122 cm³/mol. The van der Waals surface area contributed by atoms with Gasteiger partial charge < -0.3 is 10.2 Å². The summed E-state index contributed by atoms with van der Waals surface area (Å²) in [6.45, 7) is 1.54. The Hall–Kier alpha value is -2.58. The van der Waals surface area contributed by atoms with Gasteiger partial charge in [0.05, 0.1) is 11.4 Å². The van der Waals surface area contributed by atoms with E-state index in [2.05, 4.69) is 26.1 Å². The lowest BCUT2D eigenvalue weighted by Gasteiger charge is -2.33. The molecule has 32 heavy (non-hydrogen) atoms. The average molecular weight is 434 g/mol. The van der Waals surface area contributed by atoms with Gasteiger partial charge in [-0.15, -0.1) is 0 Å². The third-order valence-corrected chi connectivity index (χ3v) is 7.28. The van der Waals surface area contributed by atoms with Crippen LogP contribution < -0.4 is 16.2 Å². The zero-order chi connectivity index (χ0) is 21.5. The van der Waals surface area contributed by atoms with E-state index in [1.165, 1.54) is 25.7 Å². The Balaban J connectivity index is 1.16. The third-order valence-electron chi connectivity index (χ3n) is 7.28. The molecule has 2 atom stereocenters. The molecule has 2 saturated carbocycles. The third kappa shape index (κ3) is 4.21. The van der Waals surface area contributed by atoms with Crippen LogP contribution in [0, 0.1) is 5.92 Å². The lowest BCUT2D eigenvalue weighted by atomic mass is 9.89. The number of nitrogens with one attached hydrogen (secondary N) is 3. The van der Waals surface area contributed by atoms with Crippen LogP contribution in [0.1, 0.15) is 56.6 Å². The highest BCUT2D eigenvalue weighted by Crippen LogP contribution is 2.37. The molecule has 8 heteroatoms. The number of rotatable bonds is 6. The minimum absolute atomic E-state index is 0.0883. The van der Waals surface area contributed by atoms with Gasteiger partial charge in [-0.1, -0.05) is 6.07 Å². The minimum Gasteiger partial charge on any atom is -0.351 e. The van der Waals surface area contributed by atoms with Crippen LogP contribution in [0.15, 0.2) is 30.6 Å². The van der Waals surface area contributed by atoms with E-state index in [1.807, 2.05) is 35.5 Å². The number of carbonyl (C=O) groups is 1. The Morgan fingerprint density at radius 1 is 1.03 bits per heavy atom. The summed E-state index contributed by atoms with van der Waals surface area (Å²) in [6.07, 6.45) is 11.4. The van der Waals surface area contributed by atoms with Crippen molar-refractivity contribution >= 4 is 11.9 Å². The maximum Gasteiger partial charge on any atom is 0.241 e. The van der Waals surface area contributed by atoms with Gasteiger partial charge in [0.25, 0.3) is 0 Å². The summed E-state index contributed by atoms with van der Waals surface area (Å²) in [4.78, 5) is 29.2. The Morgan fingerprint density at radius 2 is 1.88 bits per heavy atom. The van der Waals surface area contributed by atoms with Gasteiger partial charge in [-0.2, -0.15) is 0 Å². The van der Waals surface area contributed by atoms with E-state index >= 15 is 0 Å². The SMILES string of the molecule is O=C(C1CC(C2CC2)NN1)N1CCC(c2nc(NC3CC3)ncc2-c2ccccn2)CC1. The first-order valence-electron chi connectivity index (χ1n) is 12.1. The molecule has 168 valence electrons. The number of hydrogen-bond donors (Lipinski definition) is 3. The number of anilines is 1. The van der Waals surface area contributed by atoms with Gasteiger partial charge in [-0.3, -0.25) is 15.2 Å². The standard InChI is InChI=1S/C24H31N7O/c32-23(21-13-20(29-30-21)15-4-5-15)31-11-8-16(9-12-31)22-18(19-3-1-2-10-25-19)14-26-24(28-22)27-17-6-7-17/h1-3,10,14-17,20-21,29-30H,4-9,11-13H2,(H,26,27,28). The summed E-state index contributed by atoms with van der Waals surface area (Å²) in [5.41, 5.74) is 9.57. The van der Waals surface area contributed by atoms with Crippen molar-refractivity contribution in [2.45, 2.75) is 69.0 Å². The van der Waals surface area contributed by atoms with E-state index in [1.54, 1.807) is 0 Å². The van der Waals surface area contributed by atoms with Crippen molar-refractivity contribution in [3.63, 3.8) is 0 Å². The van der Waals surface area contributed by atoms with Crippen LogP contribution in [0.2, 0.25) is 0 Å². The average Bonchev–Trinajstić information content (AvgIpc) is 3.79. The largest absolute Gasteiger partial charge is 0.351 e. The predicted octanol–water partition coefficient (Wildman–Crippen LogP) is 2.46. The van der Waals surface area contributed by atoms with Crippen molar-refractivity contribution in [3.05, 3.63) is 36.3 Å². The van der Waals surface area contributed by atoms with E-state index < -0.39 is 0 Å². The number of amides is 1. The second-order valence-corrected chi connectivity index (χ2v) is 9.75. The van der Waals surface area contributed by atoms with Gasteiger partial charge in [0, 0.05) is 49.0 Å². The molecule has 2 unspecified atom stereocenters. The molecule has 2 aliphatic carbocycles. The molecule has 2 saturated heterocycles. The summed E-state index contributed by atoms with van der Waals surface area (Å²) >= 11 is 0. The van der Waals surface area contributed by atoms with E-state index in [0.29, 0.717) is 23.9 Å². The molecule has 2 aliphatic heterocycles. The van der Waals surface area contributed by atoms with Crippen molar-refractivity contribution in [3.8, 4) is 11.3 Å². The summed E-state index contributed by atoms with van der Waals surface area (Å²) in [6, 6.07) is 6.83. The van der Waals surface area contributed by atoms with Crippen LogP contribution in [-0.4, -0.2) is 57.0 Å². The molecule has 2 aromatic heterocycles. The maximum absolute atomic E-state index is 13.1. The Morgan fingerprint density at radius 3 is 2.59 bits per heavy atom. The zero-order valence-electron chi connectivity index (χ0n) is 18.3. The molecule has 0 aromatic carbocycles. The molecule has 0 bridgehead atoms. The van der Waals surface area contributed by atoms with Crippen LogP contribution in [0.25, 0.3) is 11.3 Å². The fraction of sp³-hybridized carbons (Fsp3) is 0.583. The number of hydrazine groups is 1. The van der Waals surface area contributed by atoms with Crippen LogP contribution in [0.4, 0.5) is 5.95 Å². The van der Waals surface area contributed by atoms with Crippen LogP contribution in [0.5, 0.6) is 0 Å². The molecule has 0 spiro atoms. The Kier molecular flexibility index (Phi) is 5.27. The molecule has 4 heterocycles. The summed E-state index contributed by atoms with van der Waals surface area (Å²) in [5.74, 6) is 2.01. The number of carbonyl (C=O) groups excluding carboxylic acids is 1. The van der Waals surface area contributed by atoms with Gasteiger partial charge >= 0.3 is 0 Å². The van der Waals surface area contributed by atoms with E-state index in [-0.39, 0.29) is 11.9 Å². The molecule has 6 rings (SSSR count). The molecule has 8 nitrogen and oxygen atoms in total. The quantitative estimate of drug-likeness (QED) is 0.644. The molecular formula is C24H31N7O. The molecular weight excluding hydrogens is 402 g/mol. The summed E-state index contributed by atoms with van der Waals surface area (Å²) in [5, 5.41) is 3.43. The fourth-order valence-electron chi connectivity index (χ4n) is 5.05. The maximum atomic E-state index is 13.1.